The smallest absolute Gasteiger partial charge is 0.407 e. The maximum atomic E-state index is 12.2. The highest BCUT2D eigenvalue weighted by Crippen LogP contribution is 2.43. The molecule has 0 spiro atoms. The van der Waals surface area contributed by atoms with E-state index < -0.39 is 68.2 Å². The third-order valence-electron chi connectivity index (χ3n) is 5.32. The van der Waals surface area contributed by atoms with Crippen LogP contribution in [-0.2, 0) is 23.4 Å². The zero-order valence-corrected chi connectivity index (χ0v) is 21.1. The Kier molecular flexibility index (Phi) is 10.8. The van der Waals surface area contributed by atoms with E-state index in [1.807, 2.05) is 0 Å². The third-order valence-corrected chi connectivity index (χ3v) is 6.52. The first-order valence-electron chi connectivity index (χ1n) is 12.1. The van der Waals surface area contributed by atoms with E-state index in [-0.39, 0.29) is 44.9 Å². The number of hydrogen-bond acceptors (Lipinski definition) is 9. The molecule has 1 aliphatic rings. The van der Waals surface area contributed by atoms with Crippen LogP contribution >= 0.6 is 7.60 Å². The molecule has 0 aromatic carbocycles. The van der Waals surface area contributed by atoms with Crippen molar-refractivity contribution in [2.24, 2.45) is 0 Å². The number of H-pyrrole nitrogens is 1. The molecule has 1 fully saturated rings. The van der Waals surface area contributed by atoms with Gasteiger partial charge in [0.15, 0.2) is 0 Å². The highest BCUT2D eigenvalue weighted by molar-refractivity contribution is 7.52. The van der Waals surface area contributed by atoms with Crippen LogP contribution in [0.15, 0.2) is 15.8 Å². The van der Waals surface area contributed by atoms with E-state index in [1.165, 1.54) is 13.1 Å². The maximum absolute atomic E-state index is 12.2. The van der Waals surface area contributed by atoms with Crippen LogP contribution in [0.4, 0.5) is 4.79 Å². The molecular formula is C21H32N5O10P. The molecule has 0 saturated carbocycles. The first-order chi connectivity index (χ1) is 18.0. The standard InChI is InChI=1S/C21H32N5O10P/c1-4-37(32,33)36-14(10-22-3)8-17(28)23-6-5-7-24-21(31)35-15-9-18(34-16(15)12-27)26-11-13(2)19(29)25-20(26)30/h11,14-16,18,27H,4-10,12H2,1-2H3,(H,23,28)(H,24,31)(H,32,33)(H,25,29,30)/t14-,15?,16+,18+/m0/s1/i1T. The predicted molar refractivity (Wildman–Crippen MR) is 129 cm³/mol. The van der Waals surface area contributed by atoms with E-state index in [0.29, 0.717) is 6.42 Å². The van der Waals surface area contributed by atoms with Gasteiger partial charge in [0.1, 0.15) is 24.5 Å². The van der Waals surface area contributed by atoms with Gasteiger partial charge in [-0.05, 0) is 13.3 Å². The van der Waals surface area contributed by atoms with E-state index in [9.17, 15) is 33.7 Å². The summed E-state index contributed by atoms with van der Waals surface area (Å²) < 4.78 is 35.9. The minimum absolute atomic E-state index is 0.0660. The molecule has 15 nitrogen and oxygen atoms in total. The molecule has 16 heteroatoms. The minimum atomic E-state index is -4.06. The monoisotopic (exact) mass is 547 g/mol. The highest BCUT2D eigenvalue weighted by atomic mass is 31.2. The van der Waals surface area contributed by atoms with Crippen LogP contribution in [-0.4, -0.2) is 82.3 Å². The molecule has 1 aromatic rings. The van der Waals surface area contributed by atoms with E-state index in [1.54, 1.807) is 0 Å². The number of nitrogens with zero attached hydrogens (tertiary/aromatic N) is 2. The molecule has 2 unspecified atom stereocenters. The summed E-state index contributed by atoms with van der Waals surface area (Å²) >= 11 is 0. The number of ether oxygens (including phenoxy) is 2. The van der Waals surface area contributed by atoms with E-state index in [2.05, 4.69) is 20.5 Å². The fourth-order valence-electron chi connectivity index (χ4n) is 3.45. The number of hydrogen-bond donors (Lipinski definition) is 5. The van der Waals surface area contributed by atoms with Crippen LogP contribution in [0.1, 0.15) is 39.3 Å². The number of aliphatic hydroxyl groups excluding tert-OH is 1. The van der Waals surface area contributed by atoms with E-state index >= 15 is 0 Å². The minimum Gasteiger partial charge on any atom is -0.443 e. The number of carbonyl (C=O) groups is 2. The number of aryl methyl sites for hydroxylation is 1. The fourth-order valence-corrected chi connectivity index (χ4v) is 4.16. The molecule has 5 N–H and O–H groups in total. The first kappa shape index (κ1) is 28.5. The van der Waals surface area contributed by atoms with Gasteiger partial charge in [-0.15, -0.1) is 0 Å². The maximum Gasteiger partial charge on any atom is 0.407 e. The summed E-state index contributed by atoms with van der Waals surface area (Å²) in [4.78, 5) is 62.8. The molecular weight excluding hydrogens is 513 g/mol. The Balaban J connectivity index is 1.75. The summed E-state index contributed by atoms with van der Waals surface area (Å²) in [5.41, 5.74) is -0.936. The van der Waals surface area contributed by atoms with Gasteiger partial charge in [-0.1, -0.05) is 6.90 Å². The van der Waals surface area contributed by atoms with Gasteiger partial charge in [-0.25, -0.2) is 16.2 Å². The summed E-state index contributed by atoms with van der Waals surface area (Å²) in [6.07, 6.45) is -3.50. The van der Waals surface area contributed by atoms with Crippen LogP contribution in [0, 0.1) is 13.5 Å². The van der Waals surface area contributed by atoms with Gasteiger partial charge in [0, 0.05) is 38.8 Å². The Labute approximate surface area is 213 Å². The van der Waals surface area contributed by atoms with Gasteiger partial charge in [-0.2, -0.15) is 0 Å². The molecule has 2 heterocycles. The number of aliphatic hydroxyl groups is 1. The van der Waals surface area contributed by atoms with E-state index in [0.717, 1.165) is 4.57 Å². The van der Waals surface area contributed by atoms with Gasteiger partial charge in [-0.3, -0.25) is 28.2 Å². The van der Waals surface area contributed by atoms with Gasteiger partial charge in [0.25, 0.3) is 5.56 Å². The lowest BCUT2D eigenvalue weighted by Gasteiger charge is -2.17. The van der Waals surface area contributed by atoms with Gasteiger partial charge in [0.2, 0.25) is 12.5 Å². The van der Waals surface area contributed by atoms with Crippen molar-refractivity contribution in [1.29, 1.82) is 0 Å². The molecule has 37 heavy (non-hydrogen) atoms. The summed E-state index contributed by atoms with van der Waals surface area (Å²) in [6.45, 7) is 7.61. The van der Waals surface area contributed by atoms with Crippen molar-refractivity contribution in [1.82, 2.24) is 20.2 Å². The fraction of sp³-hybridized carbons (Fsp3) is 0.667. The van der Waals surface area contributed by atoms with Crippen LogP contribution in [0.25, 0.3) is 4.85 Å². The predicted octanol–water partition coefficient (Wildman–Crippen LogP) is -0.374. The molecule has 1 aromatic heterocycles. The number of aromatic nitrogens is 2. The quantitative estimate of drug-likeness (QED) is 0.123. The van der Waals surface area contributed by atoms with Crippen molar-refractivity contribution >= 4 is 19.6 Å². The number of amides is 2. The lowest BCUT2D eigenvalue weighted by Crippen LogP contribution is -2.36. The Morgan fingerprint density at radius 2 is 2.16 bits per heavy atom. The Bertz CT molecular complexity index is 1170. The molecule has 0 bridgehead atoms. The number of rotatable bonds is 13. The Hall–Kier alpha value is -3.02. The highest BCUT2D eigenvalue weighted by Gasteiger charge is 2.39. The second kappa shape index (κ2) is 14.1. The van der Waals surface area contributed by atoms with Crippen molar-refractivity contribution < 1.29 is 39.5 Å². The largest absolute Gasteiger partial charge is 0.443 e. The Morgan fingerprint density at radius 3 is 2.84 bits per heavy atom. The molecule has 5 atom stereocenters. The van der Waals surface area contributed by atoms with Gasteiger partial charge < -0.3 is 35.0 Å². The average molecular weight is 547 g/mol. The summed E-state index contributed by atoms with van der Waals surface area (Å²) in [7, 11) is -4.06. The van der Waals surface area contributed by atoms with Crippen molar-refractivity contribution in [3.8, 4) is 0 Å². The van der Waals surface area contributed by atoms with Gasteiger partial charge in [0.05, 0.1) is 13.0 Å². The lowest BCUT2D eigenvalue weighted by molar-refractivity contribution is -0.122. The molecule has 0 radical (unpaired) electrons. The second-order valence-electron chi connectivity index (χ2n) is 8.23. The second-order valence-corrected chi connectivity index (χ2v) is 10.2. The van der Waals surface area contributed by atoms with Crippen LogP contribution in [0.5, 0.6) is 0 Å². The molecule has 1 saturated heterocycles. The molecule has 1 aliphatic heterocycles. The number of carbonyl (C=O) groups excluding carboxylic acids is 2. The van der Waals surface area contributed by atoms with Crippen molar-refractivity contribution in [3.63, 3.8) is 0 Å². The Morgan fingerprint density at radius 1 is 1.43 bits per heavy atom. The SMILES string of the molecule is [3H]CCP(=O)(O)O[C@H](C[N+]#[C-])CC(=O)NCCCNC(=O)OC1C[C@H](n2cc(C)c(=O)[nH]c2=O)O[C@@H]1CO. The van der Waals surface area contributed by atoms with Crippen LogP contribution in [0.3, 0.4) is 0 Å². The molecule has 0 aliphatic carbocycles. The topological polar surface area (TPSA) is 203 Å². The zero-order valence-electron chi connectivity index (χ0n) is 21.3. The number of alkyl carbamates (subject to hydrolysis) is 1. The van der Waals surface area contributed by atoms with Crippen molar-refractivity contribution in [2.45, 2.75) is 57.6 Å². The normalized spacial score (nSPS) is 21.8. The third kappa shape index (κ3) is 9.42. The molecule has 206 valence electrons. The van der Waals surface area contributed by atoms with E-state index in [4.69, 9.17) is 21.9 Å². The number of nitrogens with one attached hydrogen (secondary N) is 3. The molecule has 2 rings (SSSR count). The summed E-state index contributed by atoms with van der Waals surface area (Å²) in [5.74, 6) is -0.514. The first-order valence-corrected chi connectivity index (χ1v) is 13.2. The van der Waals surface area contributed by atoms with Crippen LogP contribution in [0.2, 0.25) is 0 Å². The van der Waals surface area contributed by atoms with Crippen LogP contribution < -0.4 is 21.9 Å². The molecule has 2 amide bonds. The van der Waals surface area contributed by atoms with Crippen molar-refractivity contribution in [3.05, 3.63) is 44.0 Å². The summed E-state index contributed by atoms with van der Waals surface area (Å²) in [6, 6.07) is 0. The van der Waals surface area contributed by atoms with Crippen molar-refractivity contribution in [2.75, 3.05) is 32.4 Å². The number of aromatic amines is 1. The van der Waals surface area contributed by atoms with Gasteiger partial charge >= 0.3 is 19.4 Å². The lowest BCUT2D eigenvalue weighted by atomic mass is 10.2. The zero-order chi connectivity index (χ0) is 28.3. The summed E-state index contributed by atoms with van der Waals surface area (Å²) in [5, 5.41) is 14.6. The average Bonchev–Trinajstić information content (AvgIpc) is 3.23.